The van der Waals surface area contributed by atoms with Crippen molar-refractivity contribution in [2.45, 2.75) is 32.6 Å². The number of carbonyl (C=O) groups is 2. The zero-order valence-corrected chi connectivity index (χ0v) is 35.3. The van der Waals surface area contributed by atoms with Gasteiger partial charge in [-0.05, 0) is 70.8 Å². The number of carbonyl (C=O) groups excluding carboxylic acids is 2. The number of hydrogen-bond donors (Lipinski definition) is 0. The molecule has 0 heterocycles. The van der Waals surface area contributed by atoms with Crippen molar-refractivity contribution in [3.8, 4) is 34.5 Å². The van der Waals surface area contributed by atoms with Crippen molar-refractivity contribution in [1.29, 1.82) is 0 Å². The van der Waals surface area contributed by atoms with Gasteiger partial charge in [-0.2, -0.15) is 0 Å². The maximum atomic E-state index is 13.4. The lowest BCUT2D eigenvalue weighted by molar-refractivity contribution is -0.221. The molecule has 15 heteroatoms. The SMILES string of the molecule is COc1cccc(CN(Cc2cccc(OC)c2)C(=O)OCOCOc2cc(OC(OCOC=O)N(Cc3cccc(OC)c3)Cc3cccc(OC)c3)cc(N(C)C)c2)c1. The highest BCUT2D eigenvalue weighted by atomic mass is 16.8. The minimum atomic E-state index is -1.06. The minimum absolute atomic E-state index is 0.250. The van der Waals surface area contributed by atoms with E-state index in [1.165, 1.54) is 0 Å². The van der Waals surface area contributed by atoms with Gasteiger partial charge in [-0.3, -0.25) is 14.4 Å². The van der Waals surface area contributed by atoms with Crippen LogP contribution >= 0.6 is 0 Å². The van der Waals surface area contributed by atoms with E-state index in [1.54, 1.807) is 39.4 Å². The van der Waals surface area contributed by atoms with Gasteiger partial charge in [0.1, 0.15) is 34.5 Å². The maximum Gasteiger partial charge on any atom is 0.412 e. The molecule has 5 rings (SSSR count). The predicted octanol–water partition coefficient (Wildman–Crippen LogP) is 7.45. The van der Waals surface area contributed by atoms with Crippen LogP contribution in [0.4, 0.5) is 10.5 Å². The molecule has 0 aliphatic carbocycles. The van der Waals surface area contributed by atoms with Gasteiger partial charge in [-0.1, -0.05) is 48.5 Å². The molecule has 0 N–H and O–H groups in total. The lowest BCUT2D eigenvalue weighted by atomic mass is 10.1. The second-order valence-electron chi connectivity index (χ2n) is 13.7. The molecule has 15 nitrogen and oxygen atoms in total. The van der Waals surface area contributed by atoms with Gasteiger partial charge in [0, 0.05) is 64.2 Å². The minimum Gasteiger partial charge on any atom is -0.497 e. The number of methoxy groups -OCH3 is 4. The van der Waals surface area contributed by atoms with Crippen LogP contribution in [0.5, 0.6) is 34.5 Å². The first kappa shape index (κ1) is 45.4. The molecular weight excluding hydrogens is 787 g/mol. The molecule has 61 heavy (non-hydrogen) atoms. The Bertz CT molecular complexity index is 2030. The number of rotatable bonds is 25. The predicted molar refractivity (Wildman–Crippen MR) is 227 cm³/mol. The lowest BCUT2D eigenvalue weighted by Gasteiger charge is -2.32. The van der Waals surface area contributed by atoms with Crippen LogP contribution in [-0.2, 0) is 49.9 Å². The quantitative estimate of drug-likeness (QED) is 0.0327. The van der Waals surface area contributed by atoms with Gasteiger partial charge in [-0.15, -0.1) is 0 Å². The Hall–Kier alpha value is -6.68. The van der Waals surface area contributed by atoms with Crippen LogP contribution in [0.3, 0.4) is 0 Å². The maximum absolute atomic E-state index is 13.4. The fourth-order valence-electron chi connectivity index (χ4n) is 6.13. The summed E-state index contributed by atoms with van der Waals surface area (Å²) in [5.74, 6) is 3.52. The number of hydrogen-bond acceptors (Lipinski definition) is 14. The van der Waals surface area contributed by atoms with Crippen LogP contribution in [0, 0.1) is 0 Å². The average molecular weight is 840 g/mol. The van der Waals surface area contributed by atoms with E-state index in [-0.39, 0.29) is 33.5 Å². The van der Waals surface area contributed by atoms with Crippen LogP contribution in [0.25, 0.3) is 0 Å². The molecule has 0 spiro atoms. The van der Waals surface area contributed by atoms with Crippen molar-refractivity contribution in [3.05, 3.63) is 138 Å². The molecule has 0 radical (unpaired) electrons. The number of amides is 1. The molecule has 324 valence electrons. The molecule has 5 aromatic rings. The second-order valence-corrected chi connectivity index (χ2v) is 13.7. The van der Waals surface area contributed by atoms with Crippen LogP contribution in [0.2, 0.25) is 0 Å². The molecular formula is C46H53N3O12. The highest BCUT2D eigenvalue weighted by Crippen LogP contribution is 2.30. The summed E-state index contributed by atoms with van der Waals surface area (Å²) in [4.78, 5) is 30.0. The first-order valence-corrected chi connectivity index (χ1v) is 19.2. The zero-order chi connectivity index (χ0) is 43.4. The zero-order valence-electron chi connectivity index (χ0n) is 35.3. The van der Waals surface area contributed by atoms with Crippen LogP contribution in [0.15, 0.2) is 115 Å². The van der Waals surface area contributed by atoms with Gasteiger partial charge < -0.3 is 47.5 Å². The van der Waals surface area contributed by atoms with Crippen molar-refractivity contribution in [2.75, 3.05) is 67.8 Å². The van der Waals surface area contributed by atoms with Crippen molar-refractivity contribution in [2.24, 2.45) is 0 Å². The first-order chi connectivity index (χ1) is 29.7. The Morgan fingerprint density at radius 1 is 0.574 bits per heavy atom. The third-order valence-electron chi connectivity index (χ3n) is 9.15. The van der Waals surface area contributed by atoms with Gasteiger partial charge >= 0.3 is 6.09 Å². The van der Waals surface area contributed by atoms with Gasteiger partial charge in [0.15, 0.2) is 20.4 Å². The summed E-state index contributed by atoms with van der Waals surface area (Å²) in [6.07, 6.45) is -1.65. The van der Waals surface area contributed by atoms with E-state index >= 15 is 0 Å². The van der Waals surface area contributed by atoms with Gasteiger partial charge in [0.05, 0.1) is 28.4 Å². The number of anilines is 1. The van der Waals surface area contributed by atoms with Gasteiger partial charge in [0.25, 0.3) is 12.9 Å². The van der Waals surface area contributed by atoms with Crippen molar-refractivity contribution < 1.29 is 57.0 Å². The molecule has 0 fully saturated rings. The van der Waals surface area contributed by atoms with Crippen molar-refractivity contribution in [3.63, 3.8) is 0 Å². The molecule has 0 saturated carbocycles. The third kappa shape index (κ3) is 14.5. The number of ether oxygens (including phenoxy) is 10. The van der Waals surface area contributed by atoms with Crippen molar-refractivity contribution in [1.82, 2.24) is 9.80 Å². The molecule has 0 aliphatic heterocycles. The topological polar surface area (TPSA) is 136 Å². The van der Waals surface area contributed by atoms with Gasteiger partial charge in [-0.25, -0.2) is 9.69 Å². The molecule has 1 amide bonds. The second kappa shape index (κ2) is 23.8. The molecule has 5 aromatic carbocycles. The number of nitrogens with zero attached hydrogens (tertiary/aromatic N) is 3. The Kier molecular flexibility index (Phi) is 17.7. The normalized spacial score (nSPS) is 11.3. The Labute approximate surface area is 356 Å². The molecule has 1 atom stereocenters. The summed E-state index contributed by atoms with van der Waals surface area (Å²) in [5, 5.41) is 0. The first-order valence-electron chi connectivity index (χ1n) is 19.2. The summed E-state index contributed by atoms with van der Waals surface area (Å²) >= 11 is 0. The van der Waals surface area contributed by atoms with E-state index in [0.29, 0.717) is 54.1 Å². The standard InChI is InChI=1S/C46H53N3O12/c1-47(2)38-23-43(58-32-57-33-59-45(51)48(26-34-11-7-15-39(19-34)52-3)27-35-12-8-16-40(20-35)53-4)25-44(24-38)61-46(60-31-56-30-50)49(28-36-13-9-17-41(21-36)54-5)29-37-14-10-18-42(22-37)55-6/h7-25,30,46H,26-29,31-33H2,1-6H3. The lowest BCUT2D eigenvalue weighted by Crippen LogP contribution is -2.41. The highest BCUT2D eigenvalue weighted by molar-refractivity contribution is 5.67. The van der Waals surface area contributed by atoms with E-state index in [9.17, 15) is 9.59 Å². The number of benzene rings is 5. The molecule has 0 aromatic heterocycles. The molecule has 1 unspecified atom stereocenters. The van der Waals surface area contributed by atoms with E-state index in [2.05, 4.69) is 0 Å². The Morgan fingerprint density at radius 2 is 1.05 bits per heavy atom. The third-order valence-corrected chi connectivity index (χ3v) is 9.15. The fourth-order valence-corrected chi connectivity index (χ4v) is 6.13. The molecule has 0 aliphatic rings. The van der Waals surface area contributed by atoms with Crippen molar-refractivity contribution >= 4 is 18.3 Å². The van der Waals surface area contributed by atoms with E-state index in [1.807, 2.05) is 133 Å². The summed E-state index contributed by atoms with van der Waals surface area (Å²) < 4.78 is 56.4. The summed E-state index contributed by atoms with van der Waals surface area (Å²) in [6.45, 7) is 0.540. The van der Waals surface area contributed by atoms with Crippen LogP contribution in [0.1, 0.15) is 22.3 Å². The van der Waals surface area contributed by atoms with E-state index < -0.39 is 12.5 Å². The van der Waals surface area contributed by atoms with Gasteiger partial charge in [0.2, 0.25) is 0 Å². The summed E-state index contributed by atoms with van der Waals surface area (Å²) in [5.41, 5.74) is 4.30. The van der Waals surface area contributed by atoms with E-state index in [4.69, 9.17) is 47.4 Å². The monoisotopic (exact) mass is 839 g/mol. The fraction of sp³-hybridized carbons (Fsp3) is 0.304. The summed E-state index contributed by atoms with van der Waals surface area (Å²) in [6, 6.07) is 35.6. The Morgan fingerprint density at radius 3 is 1.51 bits per heavy atom. The van der Waals surface area contributed by atoms with Crippen LogP contribution in [-0.4, -0.2) is 91.7 Å². The van der Waals surface area contributed by atoms with E-state index in [0.717, 1.165) is 27.9 Å². The largest absolute Gasteiger partial charge is 0.497 e. The molecule has 0 bridgehead atoms. The smallest absolute Gasteiger partial charge is 0.412 e. The van der Waals surface area contributed by atoms with Crippen LogP contribution < -0.4 is 33.3 Å². The average Bonchev–Trinajstić information content (AvgIpc) is 3.28. The molecule has 0 saturated heterocycles. The Balaban J connectivity index is 1.29. The highest BCUT2D eigenvalue weighted by Gasteiger charge is 2.24. The summed E-state index contributed by atoms with van der Waals surface area (Å²) in [7, 11) is 10.2.